The molecule has 0 bridgehead atoms. The zero-order valence-electron chi connectivity index (χ0n) is 18.7. The maximum atomic E-state index is 12.7. The van der Waals surface area contributed by atoms with Crippen molar-refractivity contribution in [2.24, 2.45) is 0 Å². The van der Waals surface area contributed by atoms with Gasteiger partial charge in [-0.1, -0.05) is 18.2 Å². The Morgan fingerprint density at radius 3 is 2.33 bits per heavy atom. The average molecular weight is 534 g/mol. The van der Waals surface area contributed by atoms with Gasteiger partial charge in [0.1, 0.15) is 0 Å². The molecule has 0 aliphatic heterocycles. The summed E-state index contributed by atoms with van der Waals surface area (Å²) in [6.45, 7) is 2.20. The van der Waals surface area contributed by atoms with Gasteiger partial charge in [-0.2, -0.15) is 26.3 Å². The van der Waals surface area contributed by atoms with E-state index in [1.807, 2.05) is 0 Å². The second kappa shape index (κ2) is 9.07. The summed E-state index contributed by atoms with van der Waals surface area (Å²) in [5.41, 5.74) is -0.401. The van der Waals surface area contributed by atoms with Gasteiger partial charge in [-0.15, -0.1) is 5.10 Å². The Labute approximate surface area is 202 Å². The highest BCUT2D eigenvalue weighted by atomic mass is 32.2. The molecule has 0 spiro atoms. The lowest BCUT2D eigenvalue weighted by Crippen LogP contribution is -2.40. The maximum Gasteiger partial charge on any atom is 0.417 e. The first-order valence-electron chi connectivity index (χ1n) is 10.7. The Bertz CT molecular complexity index is 1350. The third-order valence-electron chi connectivity index (χ3n) is 5.50. The Morgan fingerprint density at radius 1 is 1.06 bits per heavy atom. The highest BCUT2D eigenvalue weighted by Gasteiger charge is 2.49. The molecule has 4 rings (SSSR count). The van der Waals surface area contributed by atoms with Crippen molar-refractivity contribution in [3.63, 3.8) is 0 Å². The minimum absolute atomic E-state index is 0.0662. The number of rotatable bonds is 8. The average Bonchev–Trinajstić information content (AvgIpc) is 3.41. The van der Waals surface area contributed by atoms with E-state index in [1.165, 1.54) is 6.07 Å². The SMILES string of the molecule is CCn1nc(Oc2ccc(C(F)(F)F)cn2)cc1-c1cccc(C2(NS(=O)(=O)CC(F)(F)F)CC2)c1. The zero-order chi connectivity index (χ0) is 26.4. The minimum atomic E-state index is -4.87. The summed E-state index contributed by atoms with van der Waals surface area (Å²) in [6, 6.07) is 10.1. The Balaban J connectivity index is 1.58. The lowest BCUT2D eigenvalue weighted by atomic mass is 10.0. The van der Waals surface area contributed by atoms with Gasteiger partial charge in [-0.3, -0.25) is 4.68 Å². The number of halogens is 6. The van der Waals surface area contributed by atoms with Gasteiger partial charge in [-0.05, 0) is 37.5 Å². The predicted octanol–water partition coefficient (Wildman–Crippen LogP) is 5.25. The van der Waals surface area contributed by atoms with Crippen LogP contribution < -0.4 is 9.46 Å². The van der Waals surface area contributed by atoms with E-state index in [2.05, 4.69) is 14.8 Å². The van der Waals surface area contributed by atoms with Crippen LogP contribution in [0.4, 0.5) is 26.3 Å². The molecule has 2 heterocycles. The standard InChI is InChI=1S/C22H20F6N4O3S/c1-2-32-17(11-19(30-32)35-18-7-6-16(12-29-18)22(26,27)28)14-4-3-5-15(10-14)20(8-9-20)31-36(33,34)13-21(23,24)25/h3-7,10-12,31H,2,8-9,13H2,1H3. The maximum absolute atomic E-state index is 12.7. The molecule has 14 heteroatoms. The van der Waals surface area contributed by atoms with Gasteiger partial charge < -0.3 is 4.74 Å². The van der Waals surface area contributed by atoms with Crippen molar-refractivity contribution in [1.29, 1.82) is 0 Å². The number of hydrogen-bond acceptors (Lipinski definition) is 5. The molecular formula is C22H20F6N4O3S. The fourth-order valence-electron chi connectivity index (χ4n) is 3.73. The number of aromatic nitrogens is 3. The Hall–Kier alpha value is -3.13. The molecule has 2 aromatic heterocycles. The van der Waals surface area contributed by atoms with Crippen LogP contribution >= 0.6 is 0 Å². The zero-order valence-corrected chi connectivity index (χ0v) is 19.5. The quantitative estimate of drug-likeness (QED) is 0.399. The van der Waals surface area contributed by atoms with Crippen LogP contribution in [0, 0.1) is 0 Å². The first-order valence-corrected chi connectivity index (χ1v) is 12.3. The molecule has 1 fully saturated rings. The molecule has 1 aromatic carbocycles. The van der Waals surface area contributed by atoms with E-state index in [-0.39, 0.29) is 11.8 Å². The second-order valence-electron chi connectivity index (χ2n) is 8.31. The summed E-state index contributed by atoms with van der Waals surface area (Å²) in [6.07, 6.45) is -8.07. The third-order valence-corrected chi connectivity index (χ3v) is 6.90. The van der Waals surface area contributed by atoms with Crippen LogP contribution in [0.5, 0.6) is 11.8 Å². The number of alkyl halides is 6. The molecule has 1 aliphatic carbocycles. The fourth-order valence-corrected chi connectivity index (χ4v) is 5.15. The molecule has 0 atom stereocenters. The van der Waals surface area contributed by atoms with E-state index < -0.39 is 39.2 Å². The lowest BCUT2D eigenvalue weighted by molar-refractivity contribution is -0.137. The van der Waals surface area contributed by atoms with E-state index in [0.29, 0.717) is 42.4 Å². The monoisotopic (exact) mass is 534 g/mol. The molecule has 36 heavy (non-hydrogen) atoms. The second-order valence-corrected chi connectivity index (χ2v) is 10.0. The van der Waals surface area contributed by atoms with Crippen LogP contribution in [0.15, 0.2) is 48.7 Å². The van der Waals surface area contributed by atoms with Crippen molar-refractivity contribution < 1.29 is 39.5 Å². The van der Waals surface area contributed by atoms with E-state index in [9.17, 15) is 34.8 Å². The molecule has 0 radical (unpaired) electrons. The van der Waals surface area contributed by atoms with Crippen molar-refractivity contribution in [3.8, 4) is 23.0 Å². The minimum Gasteiger partial charge on any atom is -0.419 e. The van der Waals surface area contributed by atoms with Crippen LogP contribution in [0.25, 0.3) is 11.3 Å². The van der Waals surface area contributed by atoms with Crippen LogP contribution in [0.3, 0.4) is 0 Å². The normalized spacial score (nSPS) is 15.6. The smallest absolute Gasteiger partial charge is 0.417 e. The van der Waals surface area contributed by atoms with E-state index >= 15 is 0 Å². The highest BCUT2D eigenvalue weighted by molar-refractivity contribution is 7.89. The van der Waals surface area contributed by atoms with Crippen LogP contribution in [-0.4, -0.2) is 35.1 Å². The summed E-state index contributed by atoms with van der Waals surface area (Å²) in [5.74, 6) is -2.00. The summed E-state index contributed by atoms with van der Waals surface area (Å²) < 4.78 is 110. The highest BCUT2D eigenvalue weighted by Crippen LogP contribution is 2.47. The lowest BCUT2D eigenvalue weighted by Gasteiger charge is -2.19. The molecule has 1 saturated carbocycles. The first kappa shape index (κ1) is 25.9. The molecule has 0 saturated heterocycles. The van der Waals surface area contributed by atoms with Gasteiger partial charge >= 0.3 is 12.4 Å². The molecule has 0 unspecified atom stereocenters. The van der Waals surface area contributed by atoms with Crippen LogP contribution in [0.1, 0.15) is 30.9 Å². The van der Waals surface area contributed by atoms with Gasteiger partial charge in [-0.25, -0.2) is 18.1 Å². The number of pyridine rings is 1. The number of aryl methyl sites for hydroxylation is 1. The molecule has 1 N–H and O–H groups in total. The number of nitrogens with zero attached hydrogens (tertiary/aromatic N) is 3. The third kappa shape index (κ3) is 5.98. The molecule has 1 aliphatic rings. The van der Waals surface area contributed by atoms with E-state index in [4.69, 9.17) is 4.74 Å². The summed E-state index contributed by atoms with van der Waals surface area (Å²) in [5, 5.41) is 4.27. The predicted molar refractivity (Wildman–Crippen MR) is 117 cm³/mol. The van der Waals surface area contributed by atoms with Crippen molar-refractivity contribution >= 4 is 10.0 Å². The number of ether oxygens (including phenoxy) is 1. The van der Waals surface area contributed by atoms with Gasteiger partial charge in [0, 0.05) is 30.4 Å². The summed E-state index contributed by atoms with van der Waals surface area (Å²) in [7, 11) is -4.61. The van der Waals surface area contributed by atoms with Gasteiger partial charge in [0.05, 0.1) is 16.8 Å². The van der Waals surface area contributed by atoms with Gasteiger partial charge in [0.15, 0.2) is 5.75 Å². The van der Waals surface area contributed by atoms with E-state index in [0.717, 1.165) is 12.1 Å². The number of benzene rings is 1. The molecule has 0 amide bonds. The van der Waals surface area contributed by atoms with Crippen molar-refractivity contribution in [2.45, 2.75) is 44.2 Å². The summed E-state index contributed by atoms with van der Waals surface area (Å²) in [4.78, 5) is 3.66. The molecule has 3 aromatic rings. The summed E-state index contributed by atoms with van der Waals surface area (Å²) >= 11 is 0. The van der Waals surface area contributed by atoms with E-state index in [1.54, 1.807) is 35.9 Å². The Morgan fingerprint density at radius 2 is 1.78 bits per heavy atom. The van der Waals surface area contributed by atoms with Crippen molar-refractivity contribution in [2.75, 3.05) is 5.75 Å². The fraction of sp³-hybridized carbons (Fsp3) is 0.364. The van der Waals surface area contributed by atoms with Gasteiger partial charge in [0.2, 0.25) is 21.8 Å². The molecular weight excluding hydrogens is 514 g/mol. The van der Waals surface area contributed by atoms with Gasteiger partial charge in [0.25, 0.3) is 0 Å². The topological polar surface area (TPSA) is 86.1 Å². The largest absolute Gasteiger partial charge is 0.419 e. The molecule has 194 valence electrons. The Kier molecular flexibility index (Phi) is 6.54. The number of nitrogens with one attached hydrogen (secondary N) is 1. The van der Waals surface area contributed by atoms with Crippen molar-refractivity contribution in [1.82, 2.24) is 19.5 Å². The first-order chi connectivity index (χ1) is 16.7. The number of sulfonamides is 1. The van der Waals surface area contributed by atoms with Crippen LogP contribution in [0.2, 0.25) is 0 Å². The van der Waals surface area contributed by atoms with Crippen LogP contribution in [-0.2, 0) is 28.3 Å². The van der Waals surface area contributed by atoms with Crippen molar-refractivity contribution in [3.05, 3.63) is 59.8 Å². The number of hydrogen-bond donors (Lipinski definition) is 1. The molecule has 7 nitrogen and oxygen atoms in total.